The van der Waals surface area contributed by atoms with Gasteiger partial charge in [0, 0.05) is 6.61 Å². The molecule has 3 fully saturated rings. The van der Waals surface area contributed by atoms with E-state index < -0.39 is 0 Å². The highest BCUT2D eigenvalue weighted by Crippen LogP contribution is 2.62. The van der Waals surface area contributed by atoms with Crippen LogP contribution in [0.25, 0.3) is 0 Å². The van der Waals surface area contributed by atoms with Gasteiger partial charge in [-0.25, -0.2) is 0 Å². The lowest BCUT2D eigenvalue weighted by atomic mass is 9.42. The summed E-state index contributed by atoms with van der Waals surface area (Å²) in [7, 11) is 0. The molecule has 2 heteroatoms. The normalized spacial score (nSPS) is 52.9. The van der Waals surface area contributed by atoms with Crippen molar-refractivity contribution < 1.29 is 5.11 Å². The van der Waals surface area contributed by atoms with Crippen molar-refractivity contribution in [3.05, 3.63) is 0 Å². The molecular formula is C7H9NO. The smallest absolute Gasteiger partial charge is 0.0661 e. The maximum Gasteiger partial charge on any atom is 0.0661 e. The zero-order chi connectivity index (χ0) is 6.43. The third kappa shape index (κ3) is 0.402. The molecule has 1 N–H and O–H groups in total. The molecule has 0 aromatic rings. The molecule has 0 aliphatic heterocycles. The molecule has 9 heavy (non-hydrogen) atoms. The molecule has 2 atom stereocenters. The Labute approximate surface area is 54.1 Å². The Balaban J connectivity index is 1.97. The van der Waals surface area contributed by atoms with Crippen LogP contribution in [0, 0.1) is 35.0 Å². The van der Waals surface area contributed by atoms with Gasteiger partial charge in [-0.1, -0.05) is 0 Å². The van der Waals surface area contributed by atoms with E-state index in [1.165, 1.54) is 6.42 Å². The Morgan fingerprint density at radius 2 is 2.22 bits per heavy atom. The van der Waals surface area contributed by atoms with E-state index in [9.17, 15) is 0 Å². The van der Waals surface area contributed by atoms with Gasteiger partial charge < -0.3 is 5.11 Å². The third-order valence-electron chi connectivity index (χ3n) is 2.93. The van der Waals surface area contributed by atoms with Crippen molar-refractivity contribution >= 4 is 0 Å². The maximum atomic E-state index is 8.69. The first-order valence-electron chi connectivity index (χ1n) is 3.39. The van der Waals surface area contributed by atoms with Gasteiger partial charge in [0.15, 0.2) is 0 Å². The van der Waals surface area contributed by atoms with Crippen LogP contribution < -0.4 is 0 Å². The van der Waals surface area contributed by atoms with Gasteiger partial charge in [-0.2, -0.15) is 5.26 Å². The van der Waals surface area contributed by atoms with Crippen LogP contribution in [0.1, 0.15) is 6.42 Å². The van der Waals surface area contributed by atoms with Crippen LogP contribution in [0.3, 0.4) is 0 Å². The highest BCUT2D eigenvalue weighted by Gasteiger charge is 2.60. The van der Waals surface area contributed by atoms with E-state index in [2.05, 4.69) is 6.07 Å². The molecule has 0 radical (unpaired) electrons. The highest BCUT2D eigenvalue weighted by molar-refractivity contribution is 5.15. The summed E-state index contributed by atoms with van der Waals surface area (Å²) in [5.74, 6) is 1.92. The second-order valence-corrected chi connectivity index (χ2v) is 3.06. The molecule has 3 aliphatic carbocycles. The Hall–Kier alpha value is -0.550. The van der Waals surface area contributed by atoms with Crippen molar-refractivity contribution in [2.45, 2.75) is 6.42 Å². The van der Waals surface area contributed by atoms with Crippen molar-refractivity contribution in [3.8, 4) is 6.07 Å². The standard InChI is InChI=1S/C7H9NO/c8-2-6-4-1-5(6)7(4)3-9/h4-7,9H,1,3H2. The zero-order valence-corrected chi connectivity index (χ0v) is 5.12. The second kappa shape index (κ2) is 1.48. The summed E-state index contributed by atoms with van der Waals surface area (Å²) in [4.78, 5) is 0. The largest absolute Gasteiger partial charge is 0.396 e. The molecule has 2 unspecified atom stereocenters. The van der Waals surface area contributed by atoms with Gasteiger partial charge in [-0.05, 0) is 24.2 Å². The Morgan fingerprint density at radius 3 is 2.56 bits per heavy atom. The number of aliphatic hydroxyl groups is 1. The van der Waals surface area contributed by atoms with Crippen molar-refractivity contribution in [2.24, 2.45) is 23.7 Å². The Morgan fingerprint density at radius 1 is 1.56 bits per heavy atom. The van der Waals surface area contributed by atoms with Gasteiger partial charge in [-0.3, -0.25) is 0 Å². The van der Waals surface area contributed by atoms with E-state index in [0.29, 0.717) is 30.3 Å². The average molecular weight is 123 g/mol. The predicted molar refractivity (Wildman–Crippen MR) is 31.3 cm³/mol. The lowest BCUT2D eigenvalue weighted by molar-refractivity contribution is -0.151. The lowest BCUT2D eigenvalue weighted by Crippen LogP contribution is -2.60. The molecule has 2 nitrogen and oxygen atoms in total. The topological polar surface area (TPSA) is 44.0 Å². The van der Waals surface area contributed by atoms with Gasteiger partial charge in [0.1, 0.15) is 0 Å². The van der Waals surface area contributed by atoms with Gasteiger partial charge in [0.2, 0.25) is 0 Å². The van der Waals surface area contributed by atoms with Crippen LogP contribution >= 0.6 is 0 Å². The Bertz CT molecular complexity index is 162. The molecule has 0 saturated heterocycles. The van der Waals surface area contributed by atoms with Crippen LogP contribution in [0.4, 0.5) is 0 Å². The summed E-state index contributed by atoms with van der Waals surface area (Å²) in [6.45, 7) is 0.299. The van der Waals surface area contributed by atoms with Crippen LogP contribution in [0.5, 0.6) is 0 Å². The number of hydrogen-bond acceptors (Lipinski definition) is 2. The van der Waals surface area contributed by atoms with E-state index in [0.717, 1.165) is 0 Å². The number of aliphatic hydroxyl groups excluding tert-OH is 1. The molecule has 3 rings (SSSR count). The van der Waals surface area contributed by atoms with Crippen molar-refractivity contribution in [1.82, 2.24) is 0 Å². The fraction of sp³-hybridized carbons (Fsp3) is 0.857. The second-order valence-electron chi connectivity index (χ2n) is 3.06. The minimum absolute atomic E-state index is 0.299. The summed E-state index contributed by atoms with van der Waals surface area (Å²) in [5, 5.41) is 17.2. The van der Waals surface area contributed by atoms with Crippen LogP contribution in [-0.2, 0) is 0 Å². The average Bonchev–Trinajstić information content (AvgIpc) is 1.61. The molecule has 2 bridgehead atoms. The quantitative estimate of drug-likeness (QED) is 0.548. The summed E-state index contributed by atoms with van der Waals surface area (Å²) >= 11 is 0. The summed E-state index contributed by atoms with van der Waals surface area (Å²) in [6.07, 6.45) is 1.20. The fourth-order valence-corrected chi connectivity index (χ4v) is 2.05. The molecule has 48 valence electrons. The molecule has 0 amide bonds. The third-order valence-corrected chi connectivity index (χ3v) is 2.93. The van der Waals surface area contributed by atoms with Crippen LogP contribution in [0.15, 0.2) is 0 Å². The number of nitriles is 1. The minimum Gasteiger partial charge on any atom is -0.396 e. The monoisotopic (exact) mass is 123 g/mol. The van der Waals surface area contributed by atoms with E-state index in [1.54, 1.807) is 0 Å². The van der Waals surface area contributed by atoms with Crippen LogP contribution in [-0.4, -0.2) is 11.7 Å². The van der Waals surface area contributed by atoms with Gasteiger partial charge in [0.25, 0.3) is 0 Å². The van der Waals surface area contributed by atoms with E-state index in [4.69, 9.17) is 10.4 Å². The van der Waals surface area contributed by atoms with Crippen LogP contribution in [0.2, 0.25) is 0 Å². The lowest BCUT2D eigenvalue weighted by Gasteiger charge is -2.61. The molecule has 0 aromatic carbocycles. The first-order valence-corrected chi connectivity index (χ1v) is 3.39. The first-order chi connectivity index (χ1) is 4.38. The zero-order valence-electron chi connectivity index (χ0n) is 5.12. The number of nitrogens with zero attached hydrogens (tertiary/aromatic N) is 1. The first kappa shape index (κ1) is 5.25. The molecule has 0 heterocycles. The van der Waals surface area contributed by atoms with Gasteiger partial charge in [-0.15, -0.1) is 0 Å². The van der Waals surface area contributed by atoms with Crippen molar-refractivity contribution in [2.75, 3.05) is 6.61 Å². The van der Waals surface area contributed by atoms with Gasteiger partial charge in [0.05, 0.1) is 12.0 Å². The minimum atomic E-state index is 0.299. The van der Waals surface area contributed by atoms with Crippen molar-refractivity contribution in [1.29, 1.82) is 5.26 Å². The molecule has 3 aliphatic rings. The van der Waals surface area contributed by atoms with Gasteiger partial charge >= 0.3 is 0 Å². The number of hydrogen-bond donors (Lipinski definition) is 1. The van der Waals surface area contributed by atoms with E-state index >= 15 is 0 Å². The predicted octanol–water partition coefficient (Wildman–Crippen LogP) is 0.384. The molecular weight excluding hydrogens is 114 g/mol. The summed E-state index contributed by atoms with van der Waals surface area (Å²) in [6, 6.07) is 2.25. The molecule has 3 saturated carbocycles. The van der Waals surface area contributed by atoms with E-state index in [1.807, 2.05) is 0 Å². The highest BCUT2D eigenvalue weighted by atomic mass is 16.3. The summed E-state index contributed by atoms with van der Waals surface area (Å²) < 4.78 is 0. The molecule has 0 spiro atoms. The van der Waals surface area contributed by atoms with Crippen molar-refractivity contribution in [3.63, 3.8) is 0 Å². The Kier molecular flexibility index (Phi) is 0.866. The molecule has 0 aromatic heterocycles. The maximum absolute atomic E-state index is 8.69. The SMILES string of the molecule is N#CC1C2CC1C2CO. The summed E-state index contributed by atoms with van der Waals surface area (Å²) in [5.41, 5.74) is 0. The fourth-order valence-electron chi connectivity index (χ4n) is 2.05. The van der Waals surface area contributed by atoms with E-state index in [-0.39, 0.29) is 0 Å². The number of rotatable bonds is 1.